The SMILES string of the molecule is c1ccc(N(c2ccc(-c3ccc4oc5ccccc5c4c3)cc2)c2ccc3c(c2)C2(c4ccccc4-3)C3CC4CC(C3)CC2C4)cc1. The van der Waals surface area contributed by atoms with E-state index in [1.807, 2.05) is 12.1 Å². The molecule has 5 aliphatic carbocycles. The summed E-state index contributed by atoms with van der Waals surface area (Å²) in [5.74, 6) is 3.37. The molecule has 0 amide bonds. The van der Waals surface area contributed by atoms with Crippen molar-refractivity contribution in [3.05, 3.63) is 151 Å². The molecule has 232 valence electrons. The van der Waals surface area contributed by atoms with E-state index in [1.165, 1.54) is 71.4 Å². The first-order valence-electron chi connectivity index (χ1n) is 17.9. The minimum Gasteiger partial charge on any atom is -0.456 e. The third kappa shape index (κ3) is 3.69. The van der Waals surface area contributed by atoms with Crippen molar-refractivity contribution < 1.29 is 4.42 Å². The molecule has 12 rings (SSSR count). The molecule has 6 aromatic carbocycles. The topological polar surface area (TPSA) is 16.4 Å². The fourth-order valence-electron chi connectivity index (χ4n) is 11.0. The second-order valence-corrected chi connectivity index (χ2v) is 15.0. The van der Waals surface area contributed by atoms with Crippen LogP contribution in [0.3, 0.4) is 0 Å². The maximum Gasteiger partial charge on any atom is 0.135 e. The van der Waals surface area contributed by atoms with E-state index in [4.69, 9.17) is 4.42 Å². The number of fused-ring (bicyclic) bond motifs is 6. The number of anilines is 3. The fraction of sp³-hybridized carbons (Fsp3) is 0.217. The highest BCUT2D eigenvalue weighted by Crippen LogP contribution is 2.69. The van der Waals surface area contributed by atoms with E-state index in [2.05, 4.69) is 132 Å². The number of rotatable bonds is 4. The first-order valence-corrected chi connectivity index (χ1v) is 17.9. The third-order valence-electron chi connectivity index (χ3n) is 12.6. The second-order valence-electron chi connectivity index (χ2n) is 15.0. The second kappa shape index (κ2) is 9.97. The van der Waals surface area contributed by atoms with E-state index < -0.39 is 0 Å². The van der Waals surface area contributed by atoms with E-state index in [9.17, 15) is 0 Å². The first-order chi connectivity index (χ1) is 23.7. The molecule has 0 aliphatic heterocycles. The molecule has 4 bridgehead atoms. The van der Waals surface area contributed by atoms with Crippen LogP contribution in [0, 0.1) is 23.7 Å². The summed E-state index contributed by atoms with van der Waals surface area (Å²) in [7, 11) is 0. The van der Waals surface area contributed by atoms with Gasteiger partial charge in [0.25, 0.3) is 0 Å². The van der Waals surface area contributed by atoms with Crippen molar-refractivity contribution in [3.63, 3.8) is 0 Å². The number of hydrogen-bond donors (Lipinski definition) is 0. The lowest BCUT2D eigenvalue weighted by molar-refractivity contribution is -0.0399. The maximum atomic E-state index is 6.11. The molecule has 4 fully saturated rings. The van der Waals surface area contributed by atoms with E-state index in [0.29, 0.717) is 0 Å². The zero-order chi connectivity index (χ0) is 31.4. The summed E-state index contributed by atoms with van der Waals surface area (Å²) in [4.78, 5) is 2.46. The highest BCUT2D eigenvalue weighted by molar-refractivity contribution is 6.06. The largest absolute Gasteiger partial charge is 0.456 e. The van der Waals surface area contributed by atoms with Crippen molar-refractivity contribution in [2.45, 2.75) is 37.5 Å². The normalized spacial score (nSPS) is 24.8. The lowest BCUT2D eigenvalue weighted by Gasteiger charge is -2.61. The summed E-state index contributed by atoms with van der Waals surface area (Å²) in [5, 5.41) is 2.33. The fourth-order valence-corrected chi connectivity index (χ4v) is 11.0. The van der Waals surface area contributed by atoms with Crippen LogP contribution < -0.4 is 4.90 Å². The Balaban J connectivity index is 1.04. The Bertz CT molecular complexity index is 2340. The minimum absolute atomic E-state index is 0.150. The van der Waals surface area contributed by atoms with E-state index >= 15 is 0 Å². The summed E-state index contributed by atoms with van der Waals surface area (Å²) in [6.45, 7) is 0. The van der Waals surface area contributed by atoms with Gasteiger partial charge in [-0.2, -0.15) is 0 Å². The monoisotopic (exact) mass is 619 g/mol. The molecule has 48 heavy (non-hydrogen) atoms. The predicted molar refractivity (Wildman–Crippen MR) is 197 cm³/mol. The molecule has 1 aromatic heterocycles. The van der Waals surface area contributed by atoms with Crippen molar-refractivity contribution in [2.24, 2.45) is 23.7 Å². The van der Waals surface area contributed by atoms with Gasteiger partial charge in [0.05, 0.1) is 0 Å². The van der Waals surface area contributed by atoms with Gasteiger partial charge >= 0.3 is 0 Å². The standard InChI is InChI=1S/C46H37NO/c1-2-8-35(9-3-1)47(36-17-14-31(15-18-36)32-16-21-45-41(27-32)40-11-5-7-13-44(40)48-45)37-19-20-39-38-10-4-6-12-42(38)46(43(39)28-37)33-23-29-22-30(25-33)26-34(46)24-29/h1-21,27-30,33-34H,22-26H2. The van der Waals surface area contributed by atoms with Gasteiger partial charge in [-0.05, 0) is 144 Å². The third-order valence-corrected chi connectivity index (χ3v) is 12.6. The van der Waals surface area contributed by atoms with Crippen LogP contribution in [-0.4, -0.2) is 0 Å². The summed E-state index contributed by atoms with van der Waals surface area (Å²) in [5.41, 5.74) is 14.2. The van der Waals surface area contributed by atoms with Gasteiger partial charge in [-0.3, -0.25) is 0 Å². The average Bonchev–Trinajstić information content (AvgIpc) is 3.64. The highest BCUT2D eigenvalue weighted by Gasteiger charge is 2.61. The Morgan fingerprint density at radius 2 is 1.08 bits per heavy atom. The molecule has 0 saturated heterocycles. The van der Waals surface area contributed by atoms with E-state index in [1.54, 1.807) is 11.1 Å². The van der Waals surface area contributed by atoms with Gasteiger partial charge in [0.15, 0.2) is 0 Å². The highest BCUT2D eigenvalue weighted by atomic mass is 16.3. The Hall–Kier alpha value is -5.08. The number of para-hydroxylation sites is 2. The van der Waals surface area contributed by atoms with Crippen LogP contribution in [0.1, 0.15) is 43.2 Å². The van der Waals surface area contributed by atoms with Gasteiger partial charge < -0.3 is 9.32 Å². The van der Waals surface area contributed by atoms with Gasteiger partial charge in [0.2, 0.25) is 0 Å². The predicted octanol–water partition coefficient (Wildman–Crippen LogP) is 12.4. The lowest BCUT2D eigenvalue weighted by atomic mass is 9.43. The van der Waals surface area contributed by atoms with E-state index in [-0.39, 0.29) is 5.41 Å². The molecule has 7 aromatic rings. The summed E-state index contributed by atoms with van der Waals surface area (Å²) in [6.07, 6.45) is 7.07. The average molecular weight is 620 g/mol. The molecule has 1 heterocycles. The van der Waals surface area contributed by atoms with Crippen LogP contribution in [-0.2, 0) is 5.41 Å². The Morgan fingerprint density at radius 1 is 0.458 bits per heavy atom. The molecule has 0 radical (unpaired) electrons. The lowest BCUT2D eigenvalue weighted by Crippen LogP contribution is -2.55. The smallest absolute Gasteiger partial charge is 0.135 e. The maximum absolute atomic E-state index is 6.11. The molecular formula is C46H37NO. The number of hydrogen-bond acceptors (Lipinski definition) is 2. The minimum atomic E-state index is 0.150. The molecular weight excluding hydrogens is 583 g/mol. The molecule has 0 atom stereocenters. The Morgan fingerprint density at radius 3 is 1.90 bits per heavy atom. The van der Waals surface area contributed by atoms with Crippen molar-refractivity contribution in [1.29, 1.82) is 0 Å². The summed E-state index contributed by atoms with van der Waals surface area (Å²) in [6, 6.07) is 51.7. The van der Waals surface area contributed by atoms with Gasteiger partial charge in [-0.15, -0.1) is 0 Å². The molecule has 2 nitrogen and oxygen atoms in total. The van der Waals surface area contributed by atoms with Gasteiger partial charge in [-0.1, -0.05) is 84.9 Å². The van der Waals surface area contributed by atoms with Crippen molar-refractivity contribution in [1.82, 2.24) is 0 Å². The molecule has 4 saturated carbocycles. The molecule has 0 N–H and O–H groups in total. The van der Waals surface area contributed by atoms with Crippen LogP contribution >= 0.6 is 0 Å². The Kier molecular flexibility index (Phi) is 5.59. The Labute approximate surface area is 281 Å². The van der Waals surface area contributed by atoms with Crippen LogP contribution in [0.4, 0.5) is 17.1 Å². The van der Waals surface area contributed by atoms with E-state index in [0.717, 1.165) is 45.6 Å². The van der Waals surface area contributed by atoms with Crippen molar-refractivity contribution >= 4 is 39.0 Å². The number of benzene rings is 6. The molecule has 1 spiro atoms. The first kappa shape index (κ1) is 26.9. The quantitative estimate of drug-likeness (QED) is 0.195. The zero-order valence-corrected chi connectivity index (χ0v) is 27.0. The van der Waals surface area contributed by atoms with Gasteiger partial charge in [0, 0.05) is 33.2 Å². The van der Waals surface area contributed by atoms with Crippen molar-refractivity contribution in [2.75, 3.05) is 4.90 Å². The molecule has 2 heteroatoms. The van der Waals surface area contributed by atoms with Crippen LogP contribution in [0.5, 0.6) is 0 Å². The van der Waals surface area contributed by atoms with Gasteiger partial charge in [-0.25, -0.2) is 0 Å². The number of furan rings is 1. The van der Waals surface area contributed by atoms with Crippen LogP contribution in [0.25, 0.3) is 44.2 Å². The summed E-state index contributed by atoms with van der Waals surface area (Å²) >= 11 is 0. The summed E-state index contributed by atoms with van der Waals surface area (Å²) < 4.78 is 6.11. The van der Waals surface area contributed by atoms with Crippen molar-refractivity contribution in [3.8, 4) is 22.3 Å². The van der Waals surface area contributed by atoms with Crippen LogP contribution in [0.2, 0.25) is 0 Å². The van der Waals surface area contributed by atoms with Gasteiger partial charge in [0.1, 0.15) is 11.2 Å². The number of nitrogens with zero attached hydrogens (tertiary/aromatic N) is 1. The molecule has 5 aliphatic rings. The van der Waals surface area contributed by atoms with Crippen LogP contribution in [0.15, 0.2) is 144 Å². The zero-order valence-electron chi connectivity index (χ0n) is 27.0. The molecule has 0 unspecified atom stereocenters.